The molecule has 0 bridgehead atoms. The molecule has 0 amide bonds. The lowest BCUT2D eigenvalue weighted by molar-refractivity contribution is 0.0519. The van der Waals surface area contributed by atoms with Crippen LogP contribution in [-0.4, -0.2) is 16.8 Å². The number of carbonyl (C=O) groups is 1. The van der Waals surface area contributed by atoms with E-state index in [1.54, 1.807) is 19.1 Å². The van der Waals surface area contributed by atoms with Crippen molar-refractivity contribution in [2.75, 3.05) is 6.61 Å². The number of furan rings is 1. The molecule has 0 spiro atoms. The summed E-state index contributed by atoms with van der Waals surface area (Å²) in [5.74, 6) is -0.522. The van der Waals surface area contributed by atoms with Crippen LogP contribution in [0.15, 0.2) is 51.0 Å². The molecule has 0 N–H and O–H groups in total. The van der Waals surface area contributed by atoms with Crippen LogP contribution in [0.5, 0.6) is 0 Å². The first-order valence-electron chi connectivity index (χ1n) is 5.86. The van der Waals surface area contributed by atoms with E-state index in [9.17, 15) is 9.00 Å². The Morgan fingerprint density at radius 1 is 1.26 bits per heavy atom. The molecule has 0 saturated heterocycles. The van der Waals surface area contributed by atoms with Gasteiger partial charge < -0.3 is 9.15 Å². The van der Waals surface area contributed by atoms with Gasteiger partial charge in [0, 0.05) is 4.90 Å². The monoisotopic (exact) mass is 278 g/mol. The van der Waals surface area contributed by atoms with Gasteiger partial charge in [-0.1, -0.05) is 17.7 Å². The van der Waals surface area contributed by atoms with Crippen LogP contribution in [-0.2, 0) is 15.5 Å². The highest BCUT2D eigenvalue weighted by Gasteiger charge is 2.21. The molecule has 1 aromatic heterocycles. The zero-order valence-corrected chi connectivity index (χ0v) is 11.5. The smallest absolute Gasteiger partial charge is 0.342 e. The molecular formula is C14H14O4S. The van der Waals surface area contributed by atoms with Crippen LogP contribution < -0.4 is 0 Å². The summed E-state index contributed by atoms with van der Waals surface area (Å²) in [6.07, 6.45) is 1.34. The van der Waals surface area contributed by atoms with Gasteiger partial charge in [0.2, 0.25) is 5.09 Å². The fourth-order valence-electron chi connectivity index (χ4n) is 1.57. The lowest BCUT2D eigenvalue weighted by Gasteiger charge is -2.03. The summed E-state index contributed by atoms with van der Waals surface area (Å²) in [6, 6.07) is 8.70. The number of benzene rings is 1. The van der Waals surface area contributed by atoms with Gasteiger partial charge in [-0.05, 0) is 32.0 Å². The molecule has 1 aromatic carbocycles. The van der Waals surface area contributed by atoms with Crippen molar-refractivity contribution in [3.8, 4) is 0 Å². The van der Waals surface area contributed by atoms with Gasteiger partial charge in [0.1, 0.15) is 16.4 Å². The molecule has 0 aliphatic rings. The van der Waals surface area contributed by atoms with Crippen molar-refractivity contribution in [1.29, 1.82) is 0 Å². The minimum absolute atomic E-state index is 0.127. The molecule has 2 rings (SSSR count). The first-order valence-corrected chi connectivity index (χ1v) is 7.01. The third-order valence-electron chi connectivity index (χ3n) is 2.53. The van der Waals surface area contributed by atoms with Crippen LogP contribution in [0, 0.1) is 6.92 Å². The summed E-state index contributed by atoms with van der Waals surface area (Å²) < 4.78 is 22.4. The third-order valence-corrected chi connectivity index (χ3v) is 3.88. The molecule has 0 fully saturated rings. The van der Waals surface area contributed by atoms with Crippen LogP contribution in [0.2, 0.25) is 0 Å². The van der Waals surface area contributed by atoms with E-state index in [-0.39, 0.29) is 17.3 Å². The average Bonchev–Trinajstić information content (AvgIpc) is 2.88. The van der Waals surface area contributed by atoms with E-state index in [4.69, 9.17) is 9.15 Å². The number of esters is 1. The zero-order valence-electron chi connectivity index (χ0n) is 10.7. The van der Waals surface area contributed by atoms with Crippen molar-refractivity contribution >= 4 is 16.8 Å². The Morgan fingerprint density at radius 3 is 2.58 bits per heavy atom. The number of aryl methyl sites for hydroxylation is 1. The first kappa shape index (κ1) is 13.5. The molecule has 1 unspecified atom stereocenters. The molecule has 1 heterocycles. The Morgan fingerprint density at radius 2 is 1.95 bits per heavy atom. The molecule has 0 radical (unpaired) electrons. The van der Waals surface area contributed by atoms with Gasteiger partial charge in [0.25, 0.3) is 0 Å². The number of rotatable bonds is 4. The van der Waals surface area contributed by atoms with Crippen molar-refractivity contribution in [3.63, 3.8) is 0 Å². The van der Waals surface area contributed by atoms with Crippen molar-refractivity contribution < 1.29 is 18.2 Å². The van der Waals surface area contributed by atoms with Crippen LogP contribution >= 0.6 is 0 Å². The van der Waals surface area contributed by atoms with Crippen molar-refractivity contribution in [2.24, 2.45) is 0 Å². The summed E-state index contributed by atoms with van der Waals surface area (Å²) in [4.78, 5) is 12.3. The minimum atomic E-state index is -1.53. The average molecular weight is 278 g/mol. The van der Waals surface area contributed by atoms with Crippen LogP contribution in [0.1, 0.15) is 22.8 Å². The van der Waals surface area contributed by atoms with E-state index in [2.05, 4.69) is 0 Å². The Hall–Kier alpha value is -1.88. The molecule has 2 aromatic rings. The maximum Gasteiger partial charge on any atom is 0.342 e. The van der Waals surface area contributed by atoms with Crippen LogP contribution in [0.4, 0.5) is 0 Å². The van der Waals surface area contributed by atoms with Crippen LogP contribution in [0.25, 0.3) is 0 Å². The topological polar surface area (TPSA) is 56.5 Å². The molecule has 19 heavy (non-hydrogen) atoms. The largest absolute Gasteiger partial charge is 0.462 e. The molecule has 0 saturated carbocycles. The highest BCUT2D eigenvalue weighted by molar-refractivity contribution is 7.85. The highest BCUT2D eigenvalue weighted by atomic mass is 32.2. The number of hydrogen-bond acceptors (Lipinski definition) is 4. The summed E-state index contributed by atoms with van der Waals surface area (Å²) in [6.45, 7) is 3.93. The molecule has 4 nitrogen and oxygen atoms in total. The van der Waals surface area contributed by atoms with Gasteiger partial charge in [-0.25, -0.2) is 9.00 Å². The highest BCUT2D eigenvalue weighted by Crippen LogP contribution is 2.22. The lowest BCUT2D eigenvalue weighted by atomic mass is 10.2. The van der Waals surface area contributed by atoms with Crippen molar-refractivity contribution in [2.45, 2.75) is 23.8 Å². The Bertz CT molecular complexity index is 598. The maximum absolute atomic E-state index is 12.4. The van der Waals surface area contributed by atoms with Crippen molar-refractivity contribution in [1.82, 2.24) is 0 Å². The third kappa shape index (κ3) is 2.93. The van der Waals surface area contributed by atoms with E-state index in [0.717, 1.165) is 5.56 Å². The second-order valence-electron chi connectivity index (χ2n) is 3.92. The molecular weight excluding hydrogens is 264 g/mol. The second kappa shape index (κ2) is 5.84. The summed E-state index contributed by atoms with van der Waals surface area (Å²) >= 11 is 0. The molecule has 1 atom stereocenters. The van der Waals surface area contributed by atoms with Gasteiger partial charge in [-0.15, -0.1) is 0 Å². The summed E-state index contributed by atoms with van der Waals surface area (Å²) in [5.41, 5.74) is 1.28. The predicted octanol–water partition coefficient (Wildman–Crippen LogP) is 2.93. The SMILES string of the molecule is CCOC(=O)c1ccoc1S(=O)c1ccc(C)cc1. The van der Waals surface area contributed by atoms with E-state index in [1.165, 1.54) is 12.3 Å². The number of hydrogen-bond donors (Lipinski definition) is 0. The Kier molecular flexibility index (Phi) is 4.16. The molecule has 0 aliphatic heterocycles. The number of carbonyl (C=O) groups excluding carboxylic acids is 1. The predicted molar refractivity (Wildman–Crippen MR) is 70.5 cm³/mol. The molecule has 100 valence electrons. The van der Waals surface area contributed by atoms with Gasteiger partial charge in [0.15, 0.2) is 0 Å². The Labute approximate surface area is 113 Å². The maximum atomic E-state index is 12.4. The second-order valence-corrected chi connectivity index (χ2v) is 5.30. The Balaban J connectivity index is 2.32. The van der Waals surface area contributed by atoms with E-state index >= 15 is 0 Å². The van der Waals surface area contributed by atoms with Gasteiger partial charge in [0.05, 0.1) is 12.9 Å². The summed E-state index contributed by atoms with van der Waals surface area (Å²) in [5, 5.41) is 0.127. The zero-order chi connectivity index (χ0) is 13.8. The minimum Gasteiger partial charge on any atom is -0.462 e. The molecule has 5 heteroatoms. The lowest BCUT2D eigenvalue weighted by Crippen LogP contribution is -2.07. The van der Waals surface area contributed by atoms with Crippen LogP contribution in [0.3, 0.4) is 0 Å². The summed E-state index contributed by atoms with van der Waals surface area (Å²) in [7, 11) is -1.53. The number of ether oxygens (including phenoxy) is 1. The molecule has 0 aliphatic carbocycles. The fourth-order valence-corrected chi connectivity index (χ4v) is 2.66. The quantitative estimate of drug-likeness (QED) is 0.807. The fraction of sp³-hybridized carbons (Fsp3) is 0.214. The van der Waals surface area contributed by atoms with E-state index in [0.29, 0.717) is 4.90 Å². The first-order chi connectivity index (χ1) is 9.13. The normalized spacial score (nSPS) is 12.1. The van der Waals surface area contributed by atoms with E-state index < -0.39 is 16.8 Å². The van der Waals surface area contributed by atoms with Gasteiger partial charge in [-0.2, -0.15) is 0 Å². The standard InChI is InChI=1S/C14H14O4S/c1-3-17-13(15)12-8-9-18-14(12)19(16)11-6-4-10(2)5-7-11/h4-9H,3H2,1-2H3. The van der Waals surface area contributed by atoms with Gasteiger partial charge >= 0.3 is 5.97 Å². The van der Waals surface area contributed by atoms with Crippen molar-refractivity contribution in [3.05, 3.63) is 47.7 Å². The van der Waals surface area contributed by atoms with E-state index in [1.807, 2.05) is 19.1 Å². The van der Waals surface area contributed by atoms with Gasteiger partial charge in [-0.3, -0.25) is 0 Å².